The molecule has 1 fully saturated rings. The molecule has 0 bridgehead atoms. The van der Waals surface area contributed by atoms with Gasteiger partial charge in [0, 0.05) is 24.5 Å². The van der Waals surface area contributed by atoms with Crippen molar-refractivity contribution in [3.63, 3.8) is 0 Å². The third-order valence-corrected chi connectivity index (χ3v) is 4.48. The lowest BCUT2D eigenvalue weighted by molar-refractivity contribution is -0.118. The minimum atomic E-state index is -0.536. The van der Waals surface area contributed by atoms with Gasteiger partial charge in [-0.3, -0.25) is 4.79 Å². The second-order valence-electron chi connectivity index (χ2n) is 6.45. The predicted octanol–water partition coefficient (Wildman–Crippen LogP) is 2.30. The third-order valence-electron chi connectivity index (χ3n) is 4.48. The molecular weight excluding hydrogens is 320 g/mol. The Morgan fingerprint density at radius 1 is 1.24 bits per heavy atom. The molecule has 1 aliphatic heterocycles. The fraction of sp³-hybridized carbons (Fsp3) is 0.556. The molecule has 1 heterocycles. The number of amides is 3. The molecule has 0 saturated carbocycles. The van der Waals surface area contributed by atoms with Crippen LogP contribution in [0.3, 0.4) is 0 Å². The Balaban J connectivity index is 1.78. The lowest BCUT2D eigenvalue weighted by Crippen LogP contribution is -2.40. The zero-order valence-corrected chi connectivity index (χ0v) is 14.9. The minimum Gasteiger partial charge on any atom is -0.376 e. The fourth-order valence-corrected chi connectivity index (χ4v) is 2.56. The highest BCUT2D eigenvalue weighted by Gasteiger charge is 2.19. The molecule has 25 heavy (non-hydrogen) atoms. The van der Waals surface area contributed by atoms with Crippen molar-refractivity contribution in [1.29, 1.82) is 0 Å². The zero-order chi connectivity index (χ0) is 18.2. The van der Waals surface area contributed by atoms with Gasteiger partial charge in [-0.05, 0) is 43.0 Å². The van der Waals surface area contributed by atoms with Crippen molar-refractivity contribution < 1.29 is 14.3 Å². The van der Waals surface area contributed by atoms with E-state index in [0.29, 0.717) is 17.9 Å². The van der Waals surface area contributed by atoms with E-state index in [4.69, 9.17) is 10.5 Å². The number of hydrogen-bond acceptors (Lipinski definition) is 4. The number of benzene rings is 1. The van der Waals surface area contributed by atoms with E-state index < -0.39 is 6.04 Å². The largest absolute Gasteiger partial charge is 0.376 e. The van der Waals surface area contributed by atoms with Gasteiger partial charge in [-0.2, -0.15) is 0 Å². The third kappa shape index (κ3) is 6.03. The summed E-state index contributed by atoms with van der Waals surface area (Å²) >= 11 is 0. The first-order valence-electron chi connectivity index (χ1n) is 8.82. The van der Waals surface area contributed by atoms with Crippen molar-refractivity contribution in [2.75, 3.05) is 23.8 Å². The first-order valence-corrected chi connectivity index (χ1v) is 8.82. The molecular formula is C18H28N4O3. The van der Waals surface area contributed by atoms with Crippen LogP contribution in [0, 0.1) is 5.92 Å². The first kappa shape index (κ1) is 19.2. The summed E-state index contributed by atoms with van der Waals surface area (Å²) in [4.78, 5) is 23.9. The Hall–Kier alpha value is -2.12. The molecule has 7 heteroatoms. The second kappa shape index (κ2) is 9.39. The Morgan fingerprint density at radius 2 is 1.88 bits per heavy atom. The lowest BCUT2D eigenvalue weighted by atomic mass is 9.99. The van der Waals surface area contributed by atoms with Gasteiger partial charge in [0.1, 0.15) is 0 Å². The minimum absolute atomic E-state index is 0.109. The van der Waals surface area contributed by atoms with E-state index in [0.717, 1.165) is 25.9 Å². The van der Waals surface area contributed by atoms with E-state index in [1.807, 2.05) is 13.8 Å². The number of nitrogens with two attached hydrogens (primary N) is 1. The van der Waals surface area contributed by atoms with Crippen LogP contribution in [-0.4, -0.2) is 37.2 Å². The van der Waals surface area contributed by atoms with Crippen LogP contribution in [0.1, 0.15) is 33.1 Å². The van der Waals surface area contributed by atoms with Crippen molar-refractivity contribution >= 4 is 23.3 Å². The molecule has 138 valence electrons. The Morgan fingerprint density at radius 3 is 2.44 bits per heavy atom. The maximum absolute atomic E-state index is 12.1. The monoisotopic (exact) mass is 348 g/mol. The maximum Gasteiger partial charge on any atom is 0.319 e. The molecule has 2 rings (SSSR count). The van der Waals surface area contributed by atoms with Crippen molar-refractivity contribution in [2.24, 2.45) is 11.7 Å². The highest BCUT2D eigenvalue weighted by atomic mass is 16.5. The number of hydrogen-bond donors (Lipinski definition) is 4. The SMILES string of the molecule is CCC(C)C(N)C(=O)Nc1ccc(NC(=O)NCC2CCCO2)cc1. The summed E-state index contributed by atoms with van der Waals surface area (Å²) in [5, 5.41) is 8.34. The fourth-order valence-electron chi connectivity index (χ4n) is 2.56. The highest BCUT2D eigenvalue weighted by Crippen LogP contribution is 2.15. The molecule has 5 N–H and O–H groups in total. The van der Waals surface area contributed by atoms with Crippen LogP contribution < -0.4 is 21.7 Å². The van der Waals surface area contributed by atoms with E-state index in [2.05, 4.69) is 16.0 Å². The van der Waals surface area contributed by atoms with E-state index in [9.17, 15) is 9.59 Å². The van der Waals surface area contributed by atoms with Gasteiger partial charge < -0.3 is 26.4 Å². The summed E-state index contributed by atoms with van der Waals surface area (Å²) in [5.74, 6) is -0.0853. The van der Waals surface area contributed by atoms with Gasteiger partial charge in [-0.15, -0.1) is 0 Å². The summed E-state index contributed by atoms with van der Waals surface area (Å²) in [6.45, 7) is 5.23. The molecule has 1 saturated heterocycles. The molecule has 0 aromatic heterocycles. The predicted molar refractivity (Wildman–Crippen MR) is 98.5 cm³/mol. The molecule has 0 radical (unpaired) electrons. The average molecular weight is 348 g/mol. The van der Waals surface area contributed by atoms with Gasteiger partial charge in [0.2, 0.25) is 5.91 Å². The van der Waals surface area contributed by atoms with Crippen molar-refractivity contribution in [2.45, 2.75) is 45.3 Å². The summed E-state index contributed by atoms with van der Waals surface area (Å²) in [6.07, 6.45) is 2.98. The van der Waals surface area contributed by atoms with Crippen molar-refractivity contribution in [1.82, 2.24) is 5.32 Å². The number of rotatable bonds is 7. The van der Waals surface area contributed by atoms with Crippen LogP contribution in [0.4, 0.5) is 16.2 Å². The Labute approximate surface area is 148 Å². The zero-order valence-electron chi connectivity index (χ0n) is 14.9. The van der Waals surface area contributed by atoms with Gasteiger partial charge in [0.15, 0.2) is 0 Å². The van der Waals surface area contributed by atoms with E-state index in [1.165, 1.54) is 0 Å². The van der Waals surface area contributed by atoms with Gasteiger partial charge in [-0.25, -0.2) is 4.79 Å². The lowest BCUT2D eigenvalue weighted by Gasteiger charge is -2.18. The van der Waals surface area contributed by atoms with Crippen LogP contribution in [0.2, 0.25) is 0 Å². The standard InChI is InChI=1S/C18H28N4O3/c1-3-12(2)16(19)17(23)21-13-6-8-14(9-7-13)22-18(24)20-11-15-5-4-10-25-15/h6-9,12,15-16H,3-5,10-11,19H2,1-2H3,(H,21,23)(H2,20,22,24). The molecule has 3 amide bonds. The van der Waals surface area contributed by atoms with Gasteiger partial charge >= 0.3 is 6.03 Å². The topological polar surface area (TPSA) is 105 Å². The second-order valence-corrected chi connectivity index (χ2v) is 6.45. The van der Waals surface area contributed by atoms with Crippen LogP contribution >= 0.6 is 0 Å². The van der Waals surface area contributed by atoms with Gasteiger partial charge in [0.05, 0.1) is 12.1 Å². The number of urea groups is 1. The molecule has 3 unspecified atom stereocenters. The number of nitrogens with one attached hydrogen (secondary N) is 3. The van der Waals surface area contributed by atoms with E-state index >= 15 is 0 Å². The number of carbonyl (C=O) groups is 2. The summed E-state index contributed by atoms with van der Waals surface area (Å²) in [5.41, 5.74) is 7.21. The Kier molecular flexibility index (Phi) is 7.21. The van der Waals surface area contributed by atoms with Crippen LogP contribution in [-0.2, 0) is 9.53 Å². The summed E-state index contributed by atoms with van der Waals surface area (Å²) in [6, 6.07) is 6.12. The van der Waals surface area contributed by atoms with Crippen molar-refractivity contribution in [3.05, 3.63) is 24.3 Å². The molecule has 0 aliphatic carbocycles. The van der Waals surface area contributed by atoms with Gasteiger partial charge in [0.25, 0.3) is 0 Å². The Bertz CT molecular complexity index is 570. The molecule has 1 aromatic carbocycles. The number of carbonyl (C=O) groups excluding carboxylic acids is 2. The van der Waals surface area contributed by atoms with Crippen molar-refractivity contribution in [3.8, 4) is 0 Å². The molecule has 1 aliphatic rings. The van der Waals surface area contributed by atoms with E-state index in [-0.39, 0.29) is 24.0 Å². The summed E-state index contributed by atoms with van der Waals surface area (Å²) < 4.78 is 5.46. The quantitative estimate of drug-likeness (QED) is 0.607. The summed E-state index contributed by atoms with van der Waals surface area (Å²) in [7, 11) is 0. The first-order chi connectivity index (χ1) is 12.0. The molecule has 3 atom stereocenters. The molecule has 1 aromatic rings. The smallest absolute Gasteiger partial charge is 0.319 e. The highest BCUT2D eigenvalue weighted by molar-refractivity contribution is 5.95. The van der Waals surface area contributed by atoms with E-state index in [1.54, 1.807) is 24.3 Å². The number of anilines is 2. The van der Waals surface area contributed by atoms with Gasteiger partial charge in [-0.1, -0.05) is 20.3 Å². The molecule has 7 nitrogen and oxygen atoms in total. The van der Waals surface area contributed by atoms with Crippen LogP contribution in [0.25, 0.3) is 0 Å². The normalized spacial score (nSPS) is 19.1. The average Bonchev–Trinajstić information content (AvgIpc) is 3.13. The maximum atomic E-state index is 12.1. The number of ether oxygens (including phenoxy) is 1. The van der Waals surface area contributed by atoms with Crippen LogP contribution in [0.15, 0.2) is 24.3 Å². The molecule has 0 spiro atoms. The van der Waals surface area contributed by atoms with Crippen LogP contribution in [0.5, 0.6) is 0 Å².